The molecule has 2 aromatic carbocycles. The summed E-state index contributed by atoms with van der Waals surface area (Å²) in [6, 6.07) is 15.8. The zero-order chi connectivity index (χ0) is 13.7. The molecule has 0 fully saturated rings. The highest BCUT2D eigenvalue weighted by molar-refractivity contribution is 5.35. The largest absolute Gasteiger partial charge is 0.320 e. The third-order valence-electron chi connectivity index (χ3n) is 3.47. The van der Waals surface area contributed by atoms with Gasteiger partial charge < -0.3 is 5.32 Å². The fraction of sp³-hybridized carbons (Fsp3) is 0.294. The number of benzene rings is 2. The van der Waals surface area contributed by atoms with Gasteiger partial charge >= 0.3 is 0 Å². The van der Waals surface area contributed by atoms with Crippen molar-refractivity contribution in [3.63, 3.8) is 0 Å². The molecular formula is C17H20FN. The van der Waals surface area contributed by atoms with E-state index in [1.165, 1.54) is 11.1 Å². The number of aryl methyl sites for hydroxylation is 1. The van der Waals surface area contributed by atoms with Crippen LogP contribution >= 0.6 is 0 Å². The van der Waals surface area contributed by atoms with Crippen LogP contribution in [0.25, 0.3) is 0 Å². The van der Waals surface area contributed by atoms with E-state index in [1.54, 1.807) is 6.07 Å². The Kier molecular flexibility index (Phi) is 4.69. The number of rotatable bonds is 5. The lowest BCUT2D eigenvalue weighted by Crippen LogP contribution is -2.13. The van der Waals surface area contributed by atoms with Gasteiger partial charge in [0.15, 0.2) is 0 Å². The normalized spacial score (nSPS) is 12.4. The average molecular weight is 257 g/mol. The highest BCUT2D eigenvalue weighted by atomic mass is 19.1. The number of nitrogens with one attached hydrogen (secondary N) is 1. The van der Waals surface area contributed by atoms with Crippen LogP contribution in [0.4, 0.5) is 4.39 Å². The third kappa shape index (κ3) is 3.42. The van der Waals surface area contributed by atoms with E-state index in [0.29, 0.717) is 11.5 Å². The van der Waals surface area contributed by atoms with Gasteiger partial charge in [0, 0.05) is 5.92 Å². The van der Waals surface area contributed by atoms with Gasteiger partial charge in [0.2, 0.25) is 0 Å². The zero-order valence-electron chi connectivity index (χ0n) is 11.5. The molecule has 2 heteroatoms. The van der Waals surface area contributed by atoms with Crippen molar-refractivity contribution >= 4 is 0 Å². The molecule has 0 amide bonds. The molecule has 0 aliphatic carbocycles. The summed E-state index contributed by atoms with van der Waals surface area (Å²) in [5, 5.41) is 3.19. The zero-order valence-corrected chi connectivity index (χ0v) is 11.5. The first-order valence-corrected chi connectivity index (χ1v) is 6.68. The van der Waals surface area contributed by atoms with Crippen LogP contribution in [0.15, 0.2) is 48.5 Å². The minimum absolute atomic E-state index is 0.135. The smallest absolute Gasteiger partial charge is 0.126 e. The minimum Gasteiger partial charge on any atom is -0.320 e. The van der Waals surface area contributed by atoms with E-state index in [2.05, 4.69) is 29.6 Å². The van der Waals surface area contributed by atoms with Crippen LogP contribution in [0.1, 0.15) is 29.0 Å². The maximum absolute atomic E-state index is 13.4. The average Bonchev–Trinajstić information content (AvgIpc) is 2.44. The Hall–Kier alpha value is -1.67. The van der Waals surface area contributed by atoms with Crippen molar-refractivity contribution in [1.82, 2.24) is 5.32 Å². The Morgan fingerprint density at radius 3 is 2.42 bits per heavy atom. The van der Waals surface area contributed by atoms with Gasteiger partial charge in [-0.15, -0.1) is 0 Å². The van der Waals surface area contributed by atoms with Crippen LogP contribution in [-0.4, -0.2) is 13.6 Å². The van der Waals surface area contributed by atoms with Crippen molar-refractivity contribution in [2.24, 2.45) is 0 Å². The standard InChI is InChI=1S/C17H20FN/c1-13-12-15(8-9-17(13)18)16(10-11-19-2)14-6-4-3-5-7-14/h3-9,12,16,19H,10-11H2,1-2H3. The molecule has 1 unspecified atom stereocenters. The predicted octanol–water partition coefficient (Wildman–Crippen LogP) is 3.88. The highest BCUT2D eigenvalue weighted by Gasteiger charge is 2.14. The molecule has 1 nitrogen and oxygen atoms in total. The van der Waals surface area contributed by atoms with Gasteiger partial charge in [-0.2, -0.15) is 0 Å². The van der Waals surface area contributed by atoms with Crippen molar-refractivity contribution in [1.29, 1.82) is 0 Å². The van der Waals surface area contributed by atoms with E-state index in [4.69, 9.17) is 0 Å². The first-order chi connectivity index (χ1) is 9.22. The van der Waals surface area contributed by atoms with E-state index < -0.39 is 0 Å². The summed E-state index contributed by atoms with van der Waals surface area (Å²) in [6.07, 6.45) is 1.01. The molecule has 0 saturated carbocycles. The first-order valence-electron chi connectivity index (χ1n) is 6.68. The van der Waals surface area contributed by atoms with Gasteiger partial charge in [-0.3, -0.25) is 0 Å². The Morgan fingerprint density at radius 1 is 1.05 bits per heavy atom. The summed E-state index contributed by atoms with van der Waals surface area (Å²) < 4.78 is 13.4. The molecule has 0 heterocycles. The van der Waals surface area contributed by atoms with Crippen LogP contribution in [0.2, 0.25) is 0 Å². The van der Waals surface area contributed by atoms with E-state index in [-0.39, 0.29) is 5.82 Å². The van der Waals surface area contributed by atoms with Gasteiger partial charge in [0.05, 0.1) is 0 Å². The second-order valence-electron chi connectivity index (χ2n) is 4.86. The maximum atomic E-state index is 13.4. The molecule has 0 saturated heterocycles. The quantitative estimate of drug-likeness (QED) is 0.857. The summed E-state index contributed by atoms with van der Waals surface area (Å²) in [6.45, 7) is 2.76. The van der Waals surface area contributed by atoms with Crippen molar-refractivity contribution in [3.05, 3.63) is 71.0 Å². The lowest BCUT2D eigenvalue weighted by molar-refractivity contribution is 0.613. The topological polar surface area (TPSA) is 12.0 Å². The lowest BCUT2D eigenvalue weighted by Gasteiger charge is -2.18. The summed E-state index contributed by atoms with van der Waals surface area (Å²) in [4.78, 5) is 0. The van der Waals surface area contributed by atoms with E-state index in [1.807, 2.05) is 32.2 Å². The van der Waals surface area contributed by atoms with Gasteiger partial charge in [0.1, 0.15) is 5.82 Å². The Balaban J connectivity index is 2.34. The van der Waals surface area contributed by atoms with Gasteiger partial charge in [0.25, 0.3) is 0 Å². The number of hydrogen-bond donors (Lipinski definition) is 1. The first kappa shape index (κ1) is 13.8. The molecule has 19 heavy (non-hydrogen) atoms. The van der Waals surface area contributed by atoms with Crippen molar-refractivity contribution in [2.45, 2.75) is 19.3 Å². The molecular weight excluding hydrogens is 237 g/mol. The molecule has 0 radical (unpaired) electrons. The summed E-state index contributed by atoms with van der Waals surface area (Å²) in [7, 11) is 1.96. The van der Waals surface area contributed by atoms with Crippen molar-refractivity contribution in [3.8, 4) is 0 Å². The van der Waals surface area contributed by atoms with Crippen LogP contribution in [0.5, 0.6) is 0 Å². The van der Waals surface area contributed by atoms with Crippen LogP contribution in [0.3, 0.4) is 0 Å². The molecule has 2 rings (SSSR count). The lowest BCUT2D eigenvalue weighted by atomic mass is 9.88. The van der Waals surface area contributed by atoms with Gasteiger partial charge in [-0.25, -0.2) is 4.39 Å². The van der Waals surface area contributed by atoms with Gasteiger partial charge in [-0.1, -0.05) is 42.5 Å². The molecule has 100 valence electrons. The van der Waals surface area contributed by atoms with E-state index >= 15 is 0 Å². The summed E-state index contributed by atoms with van der Waals surface area (Å²) >= 11 is 0. The fourth-order valence-electron chi connectivity index (χ4n) is 2.38. The Morgan fingerprint density at radius 2 is 1.79 bits per heavy atom. The minimum atomic E-state index is -0.135. The number of halogens is 1. The van der Waals surface area contributed by atoms with Gasteiger partial charge in [-0.05, 0) is 49.7 Å². The second kappa shape index (κ2) is 6.48. The molecule has 0 aliphatic heterocycles. The number of hydrogen-bond acceptors (Lipinski definition) is 1. The summed E-state index contributed by atoms with van der Waals surface area (Å²) in [5.41, 5.74) is 3.17. The molecule has 1 N–H and O–H groups in total. The monoisotopic (exact) mass is 257 g/mol. The SMILES string of the molecule is CNCCC(c1ccccc1)c1ccc(F)c(C)c1. The summed E-state index contributed by atoms with van der Waals surface area (Å²) in [5.74, 6) is 0.178. The second-order valence-corrected chi connectivity index (χ2v) is 4.86. The van der Waals surface area contributed by atoms with Crippen molar-refractivity contribution < 1.29 is 4.39 Å². The predicted molar refractivity (Wildman–Crippen MR) is 78.0 cm³/mol. The molecule has 0 aromatic heterocycles. The molecule has 1 atom stereocenters. The van der Waals surface area contributed by atoms with Crippen LogP contribution < -0.4 is 5.32 Å². The van der Waals surface area contributed by atoms with Crippen LogP contribution in [0, 0.1) is 12.7 Å². The highest BCUT2D eigenvalue weighted by Crippen LogP contribution is 2.28. The van der Waals surface area contributed by atoms with Crippen molar-refractivity contribution in [2.75, 3.05) is 13.6 Å². The van der Waals surface area contributed by atoms with E-state index in [9.17, 15) is 4.39 Å². The molecule has 2 aromatic rings. The van der Waals surface area contributed by atoms with Crippen LogP contribution in [-0.2, 0) is 0 Å². The maximum Gasteiger partial charge on any atom is 0.126 e. The fourth-order valence-corrected chi connectivity index (χ4v) is 2.38. The van der Waals surface area contributed by atoms with E-state index in [0.717, 1.165) is 13.0 Å². The molecule has 0 aliphatic rings. The molecule has 0 spiro atoms. The Bertz CT molecular complexity index is 522. The third-order valence-corrected chi connectivity index (χ3v) is 3.47. The Labute approximate surface area is 114 Å². The molecule has 0 bridgehead atoms.